The Morgan fingerprint density at radius 3 is 2.94 bits per heavy atom. The molecular formula is C12H14N2OS. The highest BCUT2D eigenvalue weighted by atomic mass is 32.1. The lowest BCUT2D eigenvalue weighted by Crippen LogP contribution is -2.48. The Kier molecular flexibility index (Phi) is 2.23. The van der Waals surface area contributed by atoms with Crippen molar-refractivity contribution < 1.29 is 4.74 Å². The average molecular weight is 234 g/mol. The van der Waals surface area contributed by atoms with Crippen molar-refractivity contribution in [2.24, 2.45) is 0 Å². The molecule has 1 aliphatic heterocycles. The van der Waals surface area contributed by atoms with Crippen molar-refractivity contribution in [3.05, 3.63) is 29.6 Å². The van der Waals surface area contributed by atoms with Crippen LogP contribution in [0.4, 0.5) is 0 Å². The lowest BCUT2D eigenvalue weighted by Gasteiger charge is -2.40. The maximum absolute atomic E-state index is 5.33. The molecule has 2 heterocycles. The molecule has 1 N–H and O–H groups in total. The summed E-state index contributed by atoms with van der Waals surface area (Å²) in [6, 6.07) is 6.38. The summed E-state index contributed by atoms with van der Waals surface area (Å²) in [6.07, 6.45) is 0. The van der Waals surface area contributed by atoms with Gasteiger partial charge in [-0.2, -0.15) is 12.6 Å². The molecule has 0 amide bonds. The number of nitrogens with zero attached hydrogens (tertiary/aromatic N) is 1. The molecule has 0 bridgehead atoms. The number of aryl methyl sites for hydroxylation is 1. The van der Waals surface area contributed by atoms with Crippen LogP contribution in [0.5, 0.6) is 0 Å². The van der Waals surface area contributed by atoms with Crippen molar-refractivity contribution in [2.75, 3.05) is 19.0 Å². The Labute approximate surface area is 99.6 Å². The number of nitrogens with one attached hydrogen (secondary N) is 1. The van der Waals surface area contributed by atoms with Gasteiger partial charge in [0.15, 0.2) is 0 Å². The number of H-pyrrole nitrogens is 1. The van der Waals surface area contributed by atoms with Gasteiger partial charge in [0.1, 0.15) is 5.82 Å². The van der Waals surface area contributed by atoms with Crippen LogP contribution < -0.4 is 0 Å². The molecule has 4 heteroatoms. The van der Waals surface area contributed by atoms with E-state index < -0.39 is 0 Å². The number of fused-ring (bicyclic) bond motifs is 1. The summed E-state index contributed by atoms with van der Waals surface area (Å²) in [4.78, 5) is 7.67. The van der Waals surface area contributed by atoms with Crippen LogP contribution in [0.25, 0.3) is 11.0 Å². The molecule has 1 aromatic carbocycles. The third-order valence-electron chi connectivity index (χ3n) is 3.27. The van der Waals surface area contributed by atoms with Crippen LogP contribution in [0, 0.1) is 6.92 Å². The van der Waals surface area contributed by atoms with Crippen molar-refractivity contribution in [3.63, 3.8) is 0 Å². The second-order valence-corrected chi connectivity index (χ2v) is 4.80. The van der Waals surface area contributed by atoms with Gasteiger partial charge in [-0.15, -0.1) is 0 Å². The monoisotopic (exact) mass is 234 g/mol. The van der Waals surface area contributed by atoms with Gasteiger partial charge in [-0.25, -0.2) is 4.98 Å². The third-order valence-corrected chi connectivity index (χ3v) is 3.88. The first-order valence-corrected chi connectivity index (χ1v) is 6.02. The number of benzene rings is 1. The fourth-order valence-electron chi connectivity index (χ4n) is 2.16. The lowest BCUT2D eigenvalue weighted by atomic mass is 9.80. The molecule has 0 radical (unpaired) electrons. The first kappa shape index (κ1) is 10.2. The molecule has 1 aromatic heterocycles. The number of thiol groups is 1. The Hall–Kier alpha value is -1.00. The van der Waals surface area contributed by atoms with Crippen molar-refractivity contribution >= 4 is 23.7 Å². The number of hydrogen-bond acceptors (Lipinski definition) is 3. The van der Waals surface area contributed by atoms with Gasteiger partial charge < -0.3 is 9.72 Å². The predicted molar refractivity (Wildman–Crippen MR) is 67.2 cm³/mol. The minimum atomic E-state index is 0.107. The van der Waals surface area contributed by atoms with E-state index in [4.69, 9.17) is 4.74 Å². The fraction of sp³-hybridized carbons (Fsp3) is 0.417. The lowest BCUT2D eigenvalue weighted by molar-refractivity contribution is -0.0470. The Balaban J connectivity index is 2.10. The molecule has 16 heavy (non-hydrogen) atoms. The standard InChI is InChI=1S/C12H14N2OS/c1-8-13-10-3-2-9(4-11(10)14-8)12(7-16)5-15-6-12/h2-4,16H,5-7H2,1H3,(H,13,14). The number of aromatic amines is 1. The second kappa shape index (κ2) is 3.50. The summed E-state index contributed by atoms with van der Waals surface area (Å²) in [5.41, 5.74) is 3.53. The molecule has 0 spiro atoms. The van der Waals surface area contributed by atoms with Crippen LogP contribution in [0.2, 0.25) is 0 Å². The van der Waals surface area contributed by atoms with Gasteiger partial charge in [0.25, 0.3) is 0 Å². The van der Waals surface area contributed by atoms with E-state index >= 15 is 0 Å². The summed E-state index contributed by atoms with van der Waals surface area (Å²) in [5.74, 6) is 1.78. The van der Waals surface area contributed by atoms with Crippen LogP contribution >= 0.6 is 12.6 Å². The molecule has 0 aliphatic carbocycles. The minimum absolute atomic E-state index is 0.107. The normalized spacial score (nSPS) is 18.6. The predicted octanol–water partition coefficient (Wildman–Crippen LogP) is 2.07. The highest BCUT2D eigenvalue weighted by Crippen LogP contribution is 2.34. The zero-order chi connectivity index (χ0) is 11.2. The van der Waals surface area contributed by atoms with Gasteiger partial charge in [-0.1, -0.05) is 6.07 Å². The fourth-order valence-corrected chi connectivity index (χ4v) is 2.53. The SMILES string of the molecule is Cc1nc2ccc(C3(CS)COC3)cc2[nH]1. The first-order chi connectivity index (χ1) is 7.73. The number of imidazole rings is 1. The van der Waals surface area contributed by atoms with E-state index in [-0.39, 0.29) is 5.41 Å². The molecule has 0 unspecified atom stereocenters. The van der Waals surface area contributed by atoms with Gasteiger partial charge >= 0.3 is 0 Å². The first-order valence-electron chi connectivity index (χ1n) is 5.39. The Morgan fingerprint density at radius 2 is 2.31 bits per heavy atom. The Bertz CT molecular complexity index is 525. The smallest absolute Gasteiger partial charge is 0.104 e. The molecule has 1 fully saturated rings. The van der Waals surface area contributed by atoms with Gasteiger partial charge in [-0.05, 0) is 24.6 Å². The van der Waals surface area contributed by atoms with Crippen molar-refractivity contribution in [3.8, 4) is 0 Å². The van der Waals surface area contributed by atoms with Gasteiger partial charge in [0.2, 0.25) is 0 Å². The molecule has 3 nitrogen and oxygen atoms in total. The van der Waals surface area contributed by atoms with Crippen molar-refractivity contribution in [1.82, 2.24) is 9.97 Å². The van der Waals surface area contributed by atoms with E-state index in [1.54, 1.807) is 0 Å². The maximum Gasteiger partial charge on any atom is 0.104 e. The maximum atomic E-state index is 5.33. The van der Waals surface area contributed by atoms with Crippen LogP contribution in [0.1, 0.15) is 11.4 Å². The summed E-state index contributed by atoms with van der Waals surface area (Å²) in [5, 5.41) is 0. The third kappa shape index (κ3) is 1.37. The van der Waals surface area contributed by atoms with Crippen LogP contribution in [-0.4, -0.2) is 28.9 Å². The van der Waals surface area contributed by atoms with Crippen LogP contribution in [0.15, 0.2) is 18.2 Å². The van der Waals surface area contributed by atoms with Gasteiger partial charge in [-0.3, -0.25) is 0 Å². The molecule has 1 saturated heterocycles. The topological polar surface area (TPSA) is 37.9 Å². The van der Waals surface area contributed by atoms with Crippen LogP contribution in [0.3, 0.4) is 0 Å². The summed E-state index contributed by atoms with van der Waals surface area (Å²) in [7, 11) is 0. The second-order valence-electron chi connectivity index (χ2n) is 4.49. The molecule has 84 valence electrons. The molecule has 2 aromatic rings. The highest BCUT2D eigenvalue weighted by Gasteiger charge is 2.39. The Morgan fingerprint density at radius 1 is 1.50 bits per heavy atom. The summed E-state index contributed by atoms with van der Waals surface area (Å²) in [6.45, 7) is 3.52. The van der Waals surface area contributed by atoms with Crippen molar-refractivity contribution in [2.45, 2.75) is 12.3 Å². The molecular weight excluding hydrogens is 220 g/mol. The molecule has 0 atom stereocenters. The van der Waals surface area contributed by atoms with Crippen LogP contribution in [-0.2, 0) is 10.2 Å². The number of rotatable bonds is 2. The molecule has 0 saturated carbocycles. The number of ether oxygens (including phenoxy) is 1. The van der Waals surface area contributed by atoms with Crippen molar-refractivity contribution in [1.29, 1.82) is 0 Å². The molecule has 3 rings (SSSR count). The quantitative estimate of drug-likeness (QED) is 0.781. The van der Waals surface area contributed by atoms with Gasteiger partial charge in [0, 0.05) is 5.75 Å². The van der Waals surface area contributed by atoms with Gasteiger partial charge in [0.05, 0.1) is 29.7 Å². The molecule has 1 aliphatic rings. The average Bonchev–Trinajstić information content (AvgIpc) is 2.56. The van der Waals surface area contributed by atoms with E-state index in [2.05, 4.69) is 40.8 Å². The zero-order valence-corrected chi connectivity index (χ0v) is 10.1. The van der Waals surface area contributed by atoms with E-state index in [1.807, 2.05) is 6.92 Å². The van der Waals surface area contributed by atoms with E-state index in [0.717, 1.165) is 35.8 Å². The highest BCUT2D eigenvalue weighted by molar-refractivity contribution is 7.80. The van der Waals surface area contributed by atoms with E-state index in [1.165, 1.54) is 5.56 Å². The number of aromatic nitrogens is 2. The van der Waals surface area contributed by atoms with E-state index in [9.17, 15) is 0 Å². The number of hydrogen-bond donors (Lipinski definition) is 2. The summed E-state index contributed by atoms with van der Waals surface area (Å²) < 4.78 is 5.33. The zero-order valence-electron chi connectivity index (χ0n) is 9.16. The van der Waals surface area contributed by atoms with E-state index in [0.29, 0.717) is 0 Å². The summed E-state index contributed by atoms with van der Waals surface area (Å²) >= 11 is 4.44. The largest absolute Gasteiger partial charge is 0.379 e. The minimum Gasteiger partial charge on any atom is -0.379 e.